The van der Waals surface area contributed by atoms with Crippen LogP contribution >= 0.6 is 0 Å². The molecule has 10 rings (SSSR count). The molecule has 0 aromatic heterocycles. The normalized spacial score (nSPS) is 15.0. The molecule has 0 aliphatic heterocycles. The van der Waals surface area contributed by atoms with E-state index in [1.807, 2.05) is 18.2 Å². The summed E-state index contributed by atoms with van der Waals surface area (Å²) in [6.07, 6.45) is 11.4. The Bertz CT molecular complexity index is 3110. The average molecular weight is 836 g/mol. The highest BCUT2D eigenvalue weighted by Crippen LogP contribution is 2.51. The zero-order chi connectivity index (χ0) is 44.3. The zero-order valence-electron chi connectivity index (χ0n) is 37.3. The van der Waals surface area contributed by atoms with Crippen LogP contribution in [0.2, 0.25) is 0 Å². The summed E-state index contributed by atoms with van der Waals surface area (Å²) in [7, 11) is 0. The molecule has 1 nitrogen and oxygen atoms in total. The van der Waals surface area contributed by atoms with Crippen molar-refractivity contribution in [1.29, 1.82) is 0 Å². The molecular weight excluding hydrogens is 783 g/mol. The minimum Gasteiger partial charge on any atom is -0.341 e. The van der Waals surface area contributed by atoms with Gasteiger partial charge in [-0.25, -0.2) is 0 Å². The van der Waals surface area contributed by atoms with Crippen LogP contribution in [-0.4, -0.2) is 6.54 Å². The van der Waals surface area contributed by atoms with Crippen molar-refractivity contribution in [2.75, 3.05) is 11.4 Å². The van der Waals surface area contributed by atoms with Crippen molar-refractivity contribution in [2.24, 2.45) is 5.92 Å². The molecule has 2 aliphatic rings. The molecule has 65 heavy (non-hydrogen) atoms. The number of allylic oxidation sites excluding steroid dienone is 7. The predicted octanol–water partition coefficient (Wildman–Crippen LogP) is 17.1. The van der Waals surface area contributed by atoms with E-state index in [1.165, 1.54) is 83.6 Å². The van der Waals surface area contributed by atoms with Gasteiger partial charge in [0.2, 0.25) is 0 Å². The molecule has 0 amide bonds. The highest BCUT2D eigenvalue weighted by Gasteiger charge is 2.36. The summed E-state index contributed by atoms with van der Waals surface area (Å²) in [6.45, 7) is 13.5. The van der Waals surface area contributed by atoms with Gasteiger partial charge in [0.1, 0.15) is 0 Å². The molecule has 314 valence electrons. The Morgan fingerprint density at radius 2 is 1.06 bits per heavy atom. The molecule has 0 N–H and O–H groups in total. The summed E-state index contributed by atoms with van der Waals surface area (Å²) in [5.74, 6) is 0.194. The van der Waals surface area contributed by atoms with Gasteiger partial charge in [-0.1, -0.05) is 233 Å². The van der Waals surface area contributed by atoms with Gasteiger partial charge in [-0.05, 0) is 120 Å². The first-order chi connectivity index (χ1) is 31.9. The molecule has 0 radical (unpaired) electrons. The predicted molar refractivity (Wildman–Crippen MR) is 279 cm³/mol. The second-order valence-corrected chi connectivity index (χ2v) is 17.7. The van der Waals surface area contributed by atoms with Crippen molar-refractivity contribution in [1.82, 2.24) is 0 Å². The molecule has 0 saturated carbocycles. The first kappa shape index (κ1) is 41.3. The van der Waals surface area contributed by atoms with E-state index < -0.39 is 0 Å². The SMILES string of the molecule is C=C/C=C(\C=C)c1ccc(-c2ccc(N(CC3CC=CC(c4ccc(-c5ccccc5)cc4)=C3c3ccccc3)c3ccc4c(c3)C(C)(C)c3ccccc3-4)cc2-c2ccccc2)cc1. The summed E-state index contributed by atoms with van der Waals surface area (Å²) in [6, 6.07) is 73.8. The van der Waals surface area contributed by atoms with Crippen molar-refractivity contribution in [3.8, 4) is 44.5 Å². The summed E-state index contributed by atoms with van der Waals surface area (Å²) in [5, 5.41) is 0. The van der Waals surface area contributed by atoms with Crippen molar-refractivity contribution >= 4 is 28.1 Å². The molecule has 0 saturated heterocycles. The molecule has 1 unspecified atom stereocenters. The van der Waals surface area contributed by atoms with Crippen molar-refractivity contribution in [3.63, 3.8) is 0 Å². The van der Waals surface area contributed by atoms with Crippen LogP contribution in [0.1, 0.15) is 48.1 Å². The molecule has 0 spiro atoms. The Labute approximate surface area is 385 Å². The molecule has 8 aromatic rings. The average Bonchev–Trinajstić information content (AvgIpc) is 3.60. The fourth-order valence-corrected chi connectivity index (χ4v) is 10.2. The maximum atomic E-state index is 4.05. The minimum atomic E-state index is -0.132. The largest absolute Gasteiger partial charge is 0.341 e. The second kappa shape index (κ2) is 17.8. The lowest BCUT2D eigenvalue weighted by Gasteiger charge is -2.34. The number of nitrogens with zero attached hydrogens (tertiary/aromatic N) is 1. The molecule has 8 aromatic carbocycles. The van der Waals surface area contributed by atoms with E-state index in [9.17, 15) is 0 Å². The van der Waals surface area contributed by atoms with Crippen LogP contribution in [0.3, 0.4) is 0 Å². The quantitative estimate of drug-likeness (QED) is 0.111. The Morgan fingerprint density at radius 1 is 0.523 bits per heavy atom. The van der Waals surface area contributed by atoms with Gasteiger partial charge in [-0.3, -0.25) is 0 Å². The van der Waals surface area contributed by atoms with Crippen LogP contribution < -0.4 is 4.90 Å². The van der Waals surface area contributed by atoms with Gasteiger partial charge >= 0.3 is 0 Å². The number of hydrogen-bond donors (Lipinski definition) is 0. The number of hydrogen-bond acceptors (Lipinski definition) is 1. The smallest absolute Gasteiger partial charge is 0.0417 e. The highest BCUT2D eigenvalue weighted by molar-refractivity contribution is 5.98. The minimum absolute atomic E-state index is 0.132. The first-order valence-electron chi connectivity index (χ1n) is 22.8. The maximum Gasteiger partial charge on any atom is 0.0417 e. The van der Waals surface area contributed by atoms with E-state index in [4.69, 9.17) is 0 Å². The van der Waals surface area contributed by atoms with Crippen molar-refractivity contribution < 1.29 is 0 Å². The Balaban J connectivity index is 1.12. The van der Waals surface area contributed by atoms with Crippen LogP contribution in [0.25, 0.3) is 61.2 Å². The summed E-state index contributed by atoms with van der Waals surface area (Å²) in [4.78, 5) is 2.60. The molecular formula is C64H53N. The van der Waals surface area contributed by atoms with Crippen LogP contribution in [-0.2, 0) is 5.41 Å². The number of anilines is 2. The third kappa shape index (κ3) is 7.96. The van der Waals surface area contributed by atoms with E-state index in [1.54, 1.807) is 0 Å². The van der Waals surface area contributed by atoms with Gasteiger partial charge < -0.3 is 4.90 Å². The Kier molecular flexibility index (Phi) is 11.3. The van der Waals surface area contributed by atoms with Crippen LogP contribution in [0.5, 0.6) is 0 Å². The monoisotopic (exact) mass is 835 g/mol. The van der Waals surface area contributed by atoms with Gasteiger partial charge in [-0.15, -0.1) is 0 Å². The Morgan fingerprint density at radius 3 is 1.74 bits per heavy atom. The first-order valence-corrected chi connectivity index (χ1v) is 22.8. The van der Waals surface area contributed by atoms with Crippen LogP contribution in [0, 0.1) is 5.92 Å². The van der Waals surface area contributed by atoms with Crippen molar-refractivity contribution in [2.45, 2.75) is 25.7 Å². The van der Waals surface area contributed by atoms with Gasteiger partial charge in [0.05, 0.1) is 0 Å². The number of benzene rings is 8. The van der Waals surface area contributed by atoms with E-state index in [0.29, 0.717) is 0 Å². The Hall–Kier alpha value is -7.74. The molecule has 0 bridgehead atoms. The summed E-state index contributed by atoms with van der Waals surface area (Å²) >= 11 is 0. The molecule has 1 atom stereocenters. The van der Waals surface area contributed by atoms with Gasteiger partial charge in [0, 0.05) is 29.3 Å². The van der Waals surface area contributed by atoms with E-state index in [2.05, 4.69) is 244 Å². The second-order valence-electron chi connectivity index (χ2n) is 17.7. The molecule has 2 aliphatic carbocycles. The van der Waals surface area contributed by atoms with Gasteiger partial charge in [0.25, 0.3) is 0 Å². The van der Waals surface area contributed by atoms with E-state index in [0.717, 1.165) is 29.8 Å². The standard InChI is InChI=1S/C64H53N/c1-5-19-45(6-2)47-30-34-50(35-31-47)56-40-38-54(42-60(56)49-22-12-8-13-23-49)65(55-39-41-59-58-27-16-17-29-61(58)64(3,4)62(59)43-55)44-53-26-18-28-57(63(53)52-24-14-9-15-25-52)51-36-32-48(33-37-51)46-20-10-7-11-21-46/h5-25,27-43,53H,1-2,26,44H2,3-4H3/b45-19+. The van der Waals surface area contributed by atoms with Crippen LogP contribution in [0.15, 0.2) is 244 Å². The van der Waals surface area contributed by atoms with Crippen LogP contribution in [0.4, 0.5) is 11.4 Å². The lowest BCUT2D eigenvalue weighted by molar-refractivity contribution is 0.657. The lowest BCUT2D eigenvalue weighted by atomic mass is 9.79. The summed E-state index contributed by atoms with van der Waals surface area (Å²) < 4.78 is 0. The lowest BCUT2D eigenvalue weighted by Crippen LogP contribution is -2.27. The highest BCUT2D eigenvalue weighted by atomic mass is 15.1. The molecule has 0 fully saturated rings. The van der Waals surface area contributed by atoms with Gasteiger partial charge in [0.15, 0.2) is 0 Å². The fraction of sp³-hybridized carbons (Fsp3) is 0.0938. The van der Waals surface area contributed by atoms with E-state index in [-0.39, 0.29) is 11.3 Å². The number of fused-ring (bicyclic) bond motifs is 3. The third-order valence-electron chi connectivity index (χ3n) is 13.5. The zero-order valence-corrected chi connectivity index (χ0v) is 37.3. The molecule has 0 heterocycles. The topological polar surface area (TPSA) is 3.24 Å². The van der Waals surface area contributed by atoms with Crippen molar-refractivity contribution in [3.05, 3.63) is 272 Å². The fourth-order valence-electron chi connectivity index (χ4n) is 10.2. The summed E-state index contributed by atoms with van der Waals surface area (Å²) in [5.41, 5.74) is 22.2. The van der Waals surface area contributed by atoms with Gasteiger partial charge in [-0.2, -0.15) is 0 Å². The third-order valence-corrected chi connectivity index (χ3v) is 13.5. The molecule has 1 heteroatoms. The maximum absolute atomic E-state index is 4.05. The number of rotatable bonds is 12. The van der Waals surface area contributed by atoms with E-state index >= 15 is 0 Å².